The van der Waals surface area contributed by atoms with Crippen LogP contribution in [0.5, 0.6) is 5.75 Å². The minimum atomic E-state index is -0.851. The summed E-state index contributed by atoms with van der Waals surface area (Å²) in [5.74, 6) is 1.89. The van der Waals surface area contributed by atoms with Crippen molar-refractivity contribution in [1.29, 1.82) is 0 Å². The topological polar surface area (TPSA) is 67.9 Å². The summed E-state index contributed by atoms with van der Waals surface area (Å²) in [5, 5.41) is 2.99. The average Bonchev–Trinajstić information content (AvgIpc) is 3.50. The lowest BCUT2D eigenvalue weighted by molar-refractivity contribution is -0.128. The molecule has 174 valence electrons. The number of rotatable bonds is 7. The summed E-state index contributed by atoms with van der Waals surface area (Å²) in [7, 11) is 1.59. The third kappa shape index (κ3) is 3.65. The number of ether oxygens (including phenoxy) is 2. The number of carbonyl (C=O) groups excluding carboxylic acids is 2. The molecule has 5 rings (SSSR count). The highest BCUT2D eigenvalue weighted by atomic mass is 16.5. The normalized spacial score (nSPS) is 28.6. The van der Waals surface area contributed by atoms with Gasteiger partial charge in [0.1, 0.15) is 23.0 Å². The van der Waals surface area contributed by atoms with Crippen molar-refractivity contribution in [1.82, 2.24) is 10.2 Å². The molecule has 1 fully saturated rings. The van der Waals surface area contributed by atoms with Crippen molar-refractivity contribution in [2.24, 2.45) is 17.3 Å². The number of methoxy groups -OCH3 is 1. The molecule has 1 N–H and O–H groups in total. The second-order valence-corrected chi connectivity index (χ2v) is 9.68. The molecule has 0 spiro atoms. The molecule has 4 unspecified atom stereocenters. The molecule has 1 aliphatic carbocycles. The van der Waals surface area contributed by atoms with Crippen molar-refractivity contribution in [2.45, 2.75) is 45.8 Å². The molecule has 6 nitrogen and oxygen atoms in total. The molecule has 0 saturated carbocycles. The Labute approximate surface area is 195 Å². The first kappa shape index (κ1) is 21.8. The molecule has 6 heteroatoms. The lowest BCUT2D eigenvalue weighted by atomic mass is 9.81. The molecule has 3 heterocycles. The number of carbonyl (C=O) groups is 2. The molecule has 0 aromatic heterocycles. The number of nitrogens with zero attached hydrogens (tertiary/aromatic N) is 1. The Morgan fingerprint density at radius 3 is 2.88 bits per heavy atom. The van der Waals surface area contributed by atoms with Gasteiger partial charge in [-0.2, -0.15) is 0 Å². The van der Waals surface area contributed by atoms with Crippen LogP contribution in [0, 0.1) is 17.3 Å². The molecule has 0 radical (unpaired) electrons. The lowest BCUT2D eigenvalue weighted by Crippen LogP contribution is -2.44. The van der Waals surface area contributed by atoms with Gasteiger partial charge in [-0.3, -0.25) is 9.59 Å². The van der Waals surface area contributed by atoms with E-state index in [-0.39, 0.29) is 23.8 Å². The summed E-state index contributed by atoms with van der Waals surface area (Å²) in [6.07, 6.45) is 11.5. The summed E-state index contributed by atoms with van der Waals surface area (Å²) in [6, 6.07) is 5.59. The predicted octanol–water partition coefficient (Wildman–Crippen LogP) is 3.99. The second kappa shape index (κ2) is 8.40. The summed E-state index contributed by atoms with van der Waals surface area (Å²) < 4.78 is 11.7. The standard InChI is InChI=1S/C27H32N2O4/c1-4-5-17(2)18-7-9-23-20(12-18)13-24(33-23)27(10-11-28-26(27)31)16-29-15-19-6-8-21(32-3)14-22(19)25(29)30/h6-9,12-14,17,20,23H,4-5,10-11,15-16H2,1-3H3,(H,28,31). The molecule has 1 aromatic rings. The minimum Gasteiger partial charge on any atom is -0.497 e. The monoisotopic (exact) mass is 448 g/mol. The molecule has 2 amide bonds. The van der Waals surface area contributed by atoms with Crippen molar-refractivity contribution in [3.8, 4) is 5.75 Å². The van der Waals surface area contributed by atoms with E-state index >= 15 is 0 Å². The Morgan fingerprint density at radius 1 is 1.30 bits per heavy atom. The van der Waals surface area contributed by atoms with E-state index in [1.54, 1.807) is 18.1 Å². The lowest BCUT2D eigenvalue weighted by Gasteiger charge is -2.32. The van der Waals surface area contributed by atoms with Gasteiger partial charge in [0.15, 0.2) is 0 Å². The second-order valence-electron chi connectivity index (χ2n) is 9.68. The SMILES string of the molecule is CCCC(C)C1=CC2C=C(C3(CN4Cc5ccc(OC)cc5C4=O)CCNC3=O)OC2C=C1. The summed E-state index contributed by atoms with van der Waals surface area (Å²) in [6.45, 7) is 5.86. The van der Waals surface area contributed by atoms with Gasteiger partial charge in [-0.1, -0.05) is 38.5 Å². The number of hydrogen-bond acceptors (Lipinski definition) is 4. The largest absolute Gasteiger partial charge is 0.497 e. The third-order valence-corrected chi connectivity index (χ3v) is 7.54. The predicted molar refractivity (Wildman–Crippen MR) is 126 cm³/mol. The Hall–Kier alpha value is -3.02. The van der Waals surface area contributed by atoms with Crippen LogP contribution in [0.2, 0.25) is 0 Å². The maximum Gasteiger partial charge on any atom is 0.254 e. The zero-order valence-electron chi connectivity index (χ0n) is 19.6. The van der Waals surface area contributed by atoms with Gasteiger partial charge < -0.3 is 19.7 Å². The number of hydrogen-bond donors (Lipinski definition) is 1. The van der Waals surface area contributed by atoms with E-state index in [2.05, 4.69) is 43.5 Å². The Morgan fingerprint density at radius 2 is 2.15 bits per heavy atom. The fourth-order valence-electron chi connectivity index (χ4n) is 5.59. The van der Waals surface area contributed by atoms with Crippen molar-refractivity contribution < 1.29 is 19.1 Å². The Kier molecular flexibility index (Phi) is 5.55. The number of benzene rings is 1. The minimum absolute atomic E-state index is 0.0544. The van der Waals surface area contributed by atoms with Crippen LogP contribution in [0.15, 0.2) is 53.8 Å². The molecule has 4 atom stereocenters. The fraction of sp³-hybridized carbons (Fsp3) is 0.481. The van der Waals surface area contributed by atoms with E-state index in [0.29, 0.717) is 49.0 Å². The molecule has 1 aromatic carbocycles. The highest BCUT2D eigenvalue weighted by Crippen LogP contribution is 2.45. The molecular formula is C27H32N2O4. The molecule has 33 heavy (non-hydrogen) atoms. The molecule has 4 aliphatic rings. The van der Waals surface area contributed by atoms with Crippen LogP contribution in [0.3, 0.4) is 0 Å². The van der Waals surface area contributed by atoms with Gasteiger partial charge in [0.2, 0.25) is 5.91 Å². The summed E-state index contributed by atoms with van der Waals surface area (Å²) in [5.41, 5.74) is 2.10. The maximum absolute atomic E-state index is 13.2. The highest BCUT2D eigenvalue weighted by molar-refractivity contribution is 5.99. The molecule has 3 aliphatic heterocycles. The van der Waals surface area contributed by atoms with E-state index in [9.17, 15) is 9.59 Å². The van der Waals surface area contributed by atoms with Gasteiger partial charge in [-0.15, -0.1) is 0 Å². The Bertz CT molecular complexity index is 1070. The third-order valence-electron chi connectivity index (χ3n) is 7.54. The first-order valence-corrected chi connectivity index (χ1v) is 12.0. The van der Waals surface area contributed by atoms with Gasteiger partial charge in [0.25, 0.3) is 5.91 Å². The Balaban J connectivity index is 1.41. The smallest absolute Gasteiger partial charge is 0.254 e. The quantitative estimate of drug-likeness (QED) is 0.685. The summed E-state index contributed by atoms with van der Waals surface area (Å²) in [4.78, 5) is 28.2. The number of amides is 2. The van der Waals surface area contributed by atoms with Gasteiger partial charge in [0.05, 0.1) is 7.11 Å². The van der Waals surface area contributed by atoms with Crippen LogP contribution >= 0.6 is 0 Å². The van der Waals surface area contributed by atoms with Crippen molar-refractivity contribution in [2.75, 3.05) is 20.2 Å². The molecule has 1 saturated heterocycles. The van der Waals surface area contributed by atoms with Crippen LogP contribution in [0.4, 0.5) is 0 Å². The van der Waals surface area contributed by atoms with E-state index < -0.39 is 5.41 Å². The fourth-order valence-corrected chi connectivity index (χ4v) is 5.59. The van der Waals surface area contributed by atoms with Crippen LogP contribution in [-0.2, 0) is 16.1 Å². The molecular weight excluding hydrogens is 416 g/mol. The van der Waals surface area contributed by atoms with Crippen molar-refractivity contribution in [3.05, 3.63) is 65.0 Å². The first-order valence-electron chi connectivity index (χ1n) is 12.0. The van der Waals surface area contributed by atoms with Crippen LogP contribution in [-0.4, -0.2) is 43.0 Å². The number of allylic oxidation sites excluding steroid dienone is 2. The van der Waals surface area contributed by atoms with E-state index in [1.807, 2.05) is 12.1 Å². The van der Waals surface area contributed by atoms with Crippen LogP contribution < -0.4 is 10.1 Å². The number of fused-ring (bicyclic) bond motifs is 2. The first-order chi connectivity index (χ1) is 15.9. The highest BCUT2D eigenvalue weighted by Gasteiger charge is 2.52. The van der Waals surface area contributed by atoms with E-state index in [4.69, 9.17) is 9.47 Å². The average molecular weight is 449 g/mol. The van der Waals surface area contributed by atoms with Gasteiger partial charge in [0, 0.05) is 31.1 Å². The maximum atomic E-state index is 13.2. The summed E-state index contributed by atoms with van der Waals surface area (Å²) >= 11 is 0. The molecule has 0 bridgehead atoms. The van der Waals surface area contributed by atoms with Gasteiger partial charge in [-0.25, -0.2) is 0 Å². The number of nitrogens with one attached hydrogen (secondary N) is 1. The van der Waals surface area contributed by atoms with Crippen LogP contribution in [0.25, 0.3) is 0 Å². The van der Waals surface area contributed by atoms with Crippen LogP contribution in [0.1, 0.15) is 49.0 Å². The van der Waals surface area contributed by atoms with Gasteiger partial charge in [-0.05, 0) is 54.2 Å². The van der Waals surface area contributed by atoms with Crippen molar-refractivity contribution >= 4 is 11.8 Å². The van der Waals surface area contributed by atoms with E-state index in [0.717, 1.165) is 18.4 Å². The zero-order valence-corrected chi connectivity index (χ0v) is 19.6. The van der Waals surface area contributed by atoms with Crippen molar-refractivity contribution in [3.63, 3.8) is 0 Å². The van der Waals surface area contributed by atoms with Gasteiger partial charge >= 0.3 is 0 Å². The zero-order chi connectivity index (χ0) is 23.2. The van der Waals surface area contributed by atoms with E-state index in [1.165, 1.54) is 5.57 Å².